The quantitative estimate of drug-likeness (QED) is 0.382. The van der Waals surface area contributed by atoms with Crippen molar-refractivity contribution >= 4 is 33.5 Å². The molecule has 2 aromatic carbocycles. The van der Waals surface area contributed by atoms with E-state index in [1.807, 2.05) is 30.3 Å². The van der Waals surface area contributed by atoms with E-state index >= 15 is 0 Å². The maximum Gasteiger partial charge on any atom is 0.270 e. The van der Waals surface area contributed by atoms with Gasteiger partial charge >= 0.3 is 0 Å². The molecular weight excluding hydrogens is 448 g/mol. The minimum absolute atomic E-state index is 0.0700. The van der Waals surface area contributed by atoms with Gasteiger partial charge in [0.15, 0.2) is 0 Å². The summed E-state index contributed by atoms with van der Waals surface area (Å²) in [6.07, 6.45) is 1.73. The van der Waals surface area contributed by atoms with Crippen molar-refractivity contribution in [2.75, 3.05) is 39.6 Å². The van der Waals surface area contributed by atoms with Crippen molar-refractivity contribution in [3.63, 3.8) is 0 Å². The molecule has 4 heterocycles. The van der Waals surface area contributed by atoms with Crippen molar-refractivity contribution in [3.05, 3.63) is 74.2 Å². The zero-order chi connectivity index (χ0) is 20.7. The van der Waals surface area contributed by atoms with Crippen molar-refractivity contribution in [1.82, 2.24) is 14.7 Å². The number of nitro benzene ring substituents is 1. The van der Waals surface area contributed by atoms with E-state index in [1.165, 1.54) is 6.07 Å². The Morgan fingerprint density at radius 2 is 1.70 bits per heavy atom. The van der Waals surface area contributed by atoms with Gasteiger partial charge in [0, 0.05) is 47.4 Å². The average Bonchev–Trinajstić information content (AvgIpc) is 2.71. The predicted octanol–water partition coefficient (Wildman–Crippen LogP) is 2.99. The summed E-state index contributed by atoms with van der Waals surface area (Å²) in [4.78, 5) is 18.2. The number of benzene rings is 2. The second kappa shape index (κ2) is 7.66. The Kier molecular flexibility index (Phi) is 4.98. The molecule has 0 saturated carbocycles. The molecule has 154 valence electrons. The fraction of sp³-hybridized carbons (Fsp3) is 0.333. The van der Waals surface area contributed by atoms with E-state index in [2.05, 4.69) is 40.8 Å². The summed E-state index contributed by atoms with van der Waals surface area (Å²) in [5.41, 5.74) is 2.35. The average molecular weight is 469 g/mol. The standard InChI is InChI=1S/C21H21BrN6O2/c22-19-7-2-1-4-17(19)9-23-24-20(16-5-3-6-18(8-16)28(29)30)21-10-25-13-26(11-21)15-27(12-21)14-25/h1-9H,10-15H2/b23-9-,24-20+. The fourth-order valence-corrected chi connectivity index (χ4v) is 5.29. The topological polar surface area (TPSA) is 77.6 Å². The Morgan fingerprint density at radius 3 is 2.33 bits per heavy atom. The van der Waals surface area contributed by atoms with Crippen LogP contribution in [0, 0.1) is 15.5 Å². The summed E-state index contributed by atoms with van der Waals surface area (Å²) >= 11 is 3.53. The van der Waals surface area contributed by atoms with Gasteiger partial charge < -0.3 is 0 Å². The van der Waals surface area contributed by atoms with E-state index in [9.17, 15) is 10.1 Å². The van der Waals surface area contributed by atoms with Crippen LogP contribution in [-0.4, -0.2) is 71.2 Å². The lowest BCUT2D eigenvalue weighted by molar-refractivity contribution is -0.384. The molecule has 9 heteroatoms. The number of nitrogens with zero attached hydrogens (tertiary/aromatic N) is 6. The highest BCUT2D eigenvalue weighted by Crippen LogP contribution is 2.39. The smallest absolute Gasteiger partial charge is 0.270 e. The first-order valence-electron chi connectivity index (χ1n) is 9.80. The number of non-ortho nitro benzene ring substituents is 1. The first-order valence-corrected chi connectivity index (χ1v) is 10.6. The fourth-order valence-electron chi connectivity index (χ4n) is 4.91. The van der Waals surface area contributed by atoms with Crippen LogP contribution in [-0.2, 0) is 0 Å². The highest BCUT2D eigenvalue weighted by molar-refractivity contribution is 9.10. The molecule has 4 aliphatic rings. The van der Waals surface area contributed by atoms with Gasteiger partial charge in [-0.05, 0) is 6.07 Å². The second-order valence-corrected chi connectivity index (χ2v) is 9.07. The minimum Gasteiger partial charge on any atom is -0.276 e. The van der Waals surface area contributed by atoms with E-state index in [-0.39, 0.29) is 16.0 Å². The number of hydrogen-bond acceptors (Lipinski definition) is 7. The molecule has 0 amide bonds. The summed E-state index contributed by atoms with van der Waals surface area (Å²) in [7, 11) is 0. The third-order valence-corrected chi connectivity index (χ3v) is 6.59. The first kappa shape index (κ1) is 19.5. The highest BCUT2D eigenvalue weighted by atomic mass is 79.9. The molecule has 0 unspecified atom stereocenters. The number of halogens is 1. The zero-order valence-electron chi connectivity index (χ0n) is 16.3. The maximum absolute atomic E-state index is 11.4. The Balaban J connectivity index is 1.57. The third kappa shape index (κ3) is 3.58. The molecule has 8 nitrogen and oxygen atoms in total. The van der Waals surface area contributed by atoms with Crippen LogP contribution in [0.15, 0.2) is 63.2 Å². The summed E-state index contributed by atoms with van der Waals surface area (Å²) in [6, 6.07) is 14.6. The van der Waals surface area contributed by atoms with Crippen LogP contribution < -0.4 is 0 Å². The Hall–Kier alpha value is -2.46. The summed E-state index contributed by atoms with van der Waals surface area (Å²) < 4.78 is 0.944. The van der Waals surface area contributed by atoms with Gasteiger partial charge in [0.05, 0.1) is 42.3 Å². The molecule has 2 aromatic rings. The second-order valence-electron chi connectivity index (χ2n) is 8.21. The molecule has 0 atom stereocenters. The molecule has 4 bridgehead atoms. The molecule has 0 N–H and O–H groups in total. The van der Waals surface area contributed by atoms with Crippen LogP contribution in [0.5, 0.6) is 0 Å². The van der Waals surface area contributed by atoms with Gasteiger partial charge in [-0.15, -0.1) is 0 Å². The first-order chi connectivity index (χ1) is 14.5. The Morgan fingerprint density at radius 1 is 1.03 bits per heavy atom. The van der Waals surface area contributed by atoms with Crippen LogP contribution in [0.1, 0.15) is 11.1 Å². The molecule has 4 saturated heterocycles. The summed E-state index contributed by atoms with van der Waals surface area (Å²) in [5.74, 6) is 0. The highest BCUT2D eigenvalue weighted by Gasteiger charge is 2.52. The van der Waals surface area contributed by atoms with Crippen molar-refractivity contribution in [2.45, 2.75) is 0 Å². The predicted molar refractivity (Wildman–Crippen MR) is 119 cm³/mol. The van der Waals surface area contributed by atoms with Crippen LogP contribution in [0.4, 0.5) is 5.69 Å². The van der Waals surface area contributed by atoms with Gasteiger partial charge in [-0.2, -0.15) is 10.2 Å². The van der Waals surface area contributed by atoms with Gasteiger partial charge in [-0.3, -0.25) is 24.8 Å². The Labute approximate surface area is 182 Å². The normalized spacial score (nSPS) is 30.2. The van der Waals surface area contributed by atoms with Crippen LogP contribution >= 0.6 is 15.9 Å². The molecule has 0 aliphatic carbocycles. The molecule has 6 rings (SSSR count). The maximum atomic E-state index is 11.4. The van der Waals surface area contributed by atoms with Gasteiger partial charge in [-0.1, -0.05) is 46.3 Å². The largest absolute Gasteiger partial charge is 0.276 e. The van der Waals surface area contributed by atoms with Crippen molar-refractivity contribution in [3.8, 4) is 0 Å². The molecule has 0 aromatic heterocycles. The number of nitro groups is 1. The molecular formula is C21H21BrN6O2. The lowest BCUT2D eigenvalue weighted by Crippen LogP contribution is -2.74. The van der Waals surface area contributed by atoms with Crippen molar-refractivity contribution < 1.29 is 4.92 Å². The summed E-state index contributed by atoms with van der Waals surface area (Å²) in [6.45, 7) is 5.52. The van der Waals surface area contributed by atoms with Crippen LogP contribution in [0.25, 0.3) is 0 Å². The number of rotatable bonds is 5. The van der Waals surface area contributed by atoms with E-state index in [1.54, 1.807) is 18.3 Å². The molecule has 0 spiro atoms. The van der Waals surface area contributed by atoms with E-state index < -0.39 is 0 Å². The van der Waals surface area contributed by atoms with E-state index in [0.717, 1.165) is 61.0 Å². The molecule has 0 radical (unpaired) electrons. The van der Waals surface area contributed by atoms with Crippen LogP contribution in [0.2, 0.25) is 0 Å². The van der Waals surface area contributed by atoms with Crippen LogP contribution in [0.3, 0.4) is 0 Å². The third-order valence-electron chi connectivity index (χ3n) is 5.87. The van der Waals surface area contributed by atoms with Crippen molar-refractivity contribution in [2.24, 2.45) is 15.6 Å². The lowest BCUT2D eigenvalue weighted by Gasteiger charge is -2.60. The monoisotopic (exact) mass is 468 g/mol. The number of hydrogen-bond donors (Lipinski definition) is 0. The van der Waals surface area contributed by atoms with E-state index in [4.69, 9.17) is 0 Å². The SMILES string of the molecule is O=[N+]([O-])c1cccc(/C(=N\N=C/c2ccccc2Br)C23CN4CN(CN(C4)C2)C3)c1. The molecule has 4 fully saturated rings. The minimum atomic E-state index is -0.359. The molecule has 30 heavy (non-hydrogen) atoms. The molecule has 4 aliphatic heterocycles. The zero-order valence-corrected chi connectivity index (χ0v) is 17.9. The van der Waals surface area contributed by atoms with Gasteiger partial charge in [-0.25, -0.2) is 0 Å². The Bertz CT molecular complexity index is 1020. The summed E-state index contributed by atoms with van der Waals surface area (Å²) in [5, 5.41) is 20.5. The van der Waals surface area contributed by atoms with Crippen molar-refractivity contribution in [1.29, 1.82) is 0 Å². The van der Waals surface area contributed by atoms with Gasteiger partial charge in [0.2, 0.25) is 0 Å². The van der Waals surface area contributed by atoms with E-state index in [0.29, 0.717) is 0 Å². The lowest BCUT2D eigenvalue weighted by atomic mass is 9.74. The van der Waals surface area contributed by atoms with Gasteiger partial charge in [0.25, 0.3) is 5.69 Å². The van der Waals surface area contributed by atoms with Gasteiger partial charge in [0.1, 0.15) is 0 Å².